The van der Waals surface area contributed by atoms with Crippen molar-refractivity contribution < 1.29 is 0 Å². The Morgan fingerprint density at radius 2 is 0.946 bits per heavy atom. The van der Waals surface area contributed by atoms with Crippen molar-refractivity contribution in [2.75, 3.05) is 0 Å². The quantitative estimate of drug-likeness (QED) is 0.154. The second-order valence-corrected chi connectivity index (χ2v) is 14.8. The van der Waals surface area contributed by atoms with Gasteiger partial charge in [-0.2, -0.15) is 6.07 Å². The van der Waals surface area contributed by atoms with Crippen LogP contribution in [0.5, 0.6) is 0 Å². The Morgan fingerprint density at radius 1 is 0.514 bits per heavy atom. The van der Waals surface area contributed by atoms with Gasteiger partial charge in [-0.05, 0) is 70.4 Å². The van der Waals surface area contributed by atoms with Crippen LogP contribution in [0.2, 0.25) is 0 Å². The first-order chi connectivity index (χ1) is 17.9. The molecule has 0 aliphatic rings. The zero-order valence-electron chi connectivity index (χ0n) is 22.4. The van der Waals surface area contributed by atoms with E-state index < -0.39 is 15.8 Å². The van der Waals surface area contributed by atoms with Crippen LogP contribution in [0.25, 0.3) is 0 Å². The lowest BCUT2D eigenvalue weighted by atomic mass is 10.2. The maximum Gasteiger partial charge on any atom is -0.0171 e. The van der Waals surface area contributed by atoms with Gasteiger partial charge in [0.15, 0.2) is 0 Å². The predicted molar refractivity (Wildman–Crippen MR) is 167 cm³/mol. The molecule has 0 aliphatic carbocycles. The molecule has 5 rings (SSSR count). The van der Waals surface area contributed by atoms with Crippen molar-refractivity contribution in [3.63, 3.8) is 0 Å². The molecule has 1 atom stereocenters. The molecule has 0 N–H and O–H groups in total. The molecule has 0 heterocycles. The summed E-state index contributed by atoms with van der Waals surface area (Å²) in [5.74, 6) is 0. The first-order valence-electron chi connectivity index (χ1n) is 13.0. The molecule has 0 saturated carbocycles. The van der Waals surface area contributed by atoms with Crippen LogP contribution >= 0.6 is 15.8 Å². The summed E-state index contributed by atoms with van der Waals surface area (Å²) >= 11 is 0. The zero-order valence-corrected chi connectivity index (χ0v) is 24.2. The minimum Gasteiger partial charge on any atom is -0.213 e. The normalized spacial score (nSPS) is 12.3. The highest BCUT2D eigenvalue weighted by Gasteiger charge is 2.25. The monoisotopic (exact) mass is 517 g/mol. The van der Waals surface area contributed by atoms with Crippen LogP contribution < -0.4 is 26.5 Å². The molecule has 2 heteroatoms. The van der Waals surface area contributed by atoms with E-state index in [-0.39, 0.29) is 0 Å². The Balaban J connectivity index is 1.68. The molecule has 0 unspecified atom stereocenters. The van der Waals surface area contributed by atoms with Crippen molar-refractivity contribution in [1.29, 1.82) is 0 Å². The van der Waals surface area contributed by atoms with Crippen LogP contribution in [0.15, 0.2) is 115 Å². The van der Waals surface area contributed by atoms with Gasteiger partial charge in [0.1, 0.15) is 0 Å². The van der Waals surface area contributed by atoms with Gasteiger partial charge in [0.25, 0.3) is 0 Å². The van der Waals surface area contributed by atoms with Crippen LogP contribution in [-0.2, 0) is 0 Å². The van der Waals surface area contributed by atoms with E-state index in [1.807, 2.05) is 0 Å². The third kappa shape index (κ3) is 5.67. The molecule has 0 radical (unpaired) electrons. The lowest BCUT2D eigenvalue weighted by Crippen LogP contribution is -2.24. The summed E-state index contributed by atoms with van der Waals surface area (Å²) in [4.78, 5) is 0. The number of hydrogen-bond donors (Lipinski definition) is 0. The van der Waals surface area contributed by atoms with Gasteiger partial charge < -0.3 is 0 Å². The lowest BCUT2D eigenvalue weighted by Gasteiger charge is -2.33. The topological polar surface area (TPSA) is 0 Å². The van der Waals surface area contributed by atoms with Gasteiger partial charge in [-0.15, -0.1) is 10.9 Å². The highest BCUT2D eigenvalue weighted by Crippen LogP contribution is 2.51. The minimum atomic E-state index is -0.639. The first kappa shape index (κ1) is 25.7. The molecule has 5 aromatic rings. The van der Waals surface area contributed by atoms with Crippen LogP contribution in [-0.4, -0.2) is 0 Å². The maximum atomic E-state index is 2.46. The molecule has 37 heavy (non-hydrogen) atoms. The number of hydrogen-bond acceptors (Lipinski definition) is 0. The third-order valence-electron chi connectivity index (χ3n) is 6.90. The zero-order chi connectivity index (χ0) is 25.9. The van der Waals surface area contributed by atoms with E-state index in [2.05, 4.69) is 150 Å². The average Bonchev–Trinajstić information content (AvgIpc) is 3.34. The van der Waals surface area contributed by atoms with Crippen molar-refractivity contribution in [2.24, 2.45) is 0 Å². The van der Waals surface area contributed by atoms with E-state index in [1.54, 1.807) is 0 Å². The van der Waals surface area contributed by atoms with Crippen LogP contribution in [0.1, 0.15) is 40.4 Å². The van der Waals surface area contributed by atoms with Crippen LogP contribution in [0.4, 0.5) is 0 Å². The van der Waals surface area contributed by atoms with Crippen LogP contribution in [0, 0.1) is 27.7 Å². The van der Waals surface area contributed by atoms with Gasteiger partial charge in [-0.3, -0.25) is 0 Å². The summed E-state index contributed by atoms with van der Waals surface area (Å²) in [6, 6.07) is 43.5. The van der Waals surface area contributed by atoms with E-state index >= 15 is 0 Å². The van der Waals surface area contributed by atoms with Crippen molar-refractivity contribution in [1.82, 2.24) is 0 Å². The van der Waals surface area contributed by atoms with Crippen molar-refractivity contribution in [3.8, 4) is 0 Å². The van der Waals surface area contributed by atoms with E-state index in [0.29, 0.717) is 5.66 Å². The molecule has 5 aromatic carbocycles. The fourth-order valence-electron chi connectivity index (χ4n) is 5.48. The smallest absolute Gasteiger partial charge is 0.0171 e. The van der Waals surface area contributed by atoms with Gasteiger partial charge in [0.2, 0.25) is 0 Å². The molecule has 0 nitrogen and oxygen atoms in total. The Morgan fingerprint density at radius 3 is 1.38 bits per heavy atom. The minimum absolute atomic E-state index is 0.389. The third-order valence-corrected chi connectivity index (χ3v) is 12.1. The molecule has 0 fully saturated rings. The molecular formula is C35H35P2-. The Labute approximate surface area is 225 Å². The van der Waals surface area contributed by atoms with Crippen LogP contribution in [0.3, 0.4) is 0 Å². The summed E-state index contributed by atoms with van der Waals surface area (Å²) in [5.41, 5.74) is 7.26. The molecule has 0 spiro atoms. The Kier molecular flexibility index (Phi) is 7.81. The molecule has 186 valence electrons. The highest BCUT2D eigenvalue weighted by atomic mass is 31.1. The molecule has 0 amide bonds. The predicted octanol–water partition coefficient (Wildman–Crippen LogP) is 7.59. The van der Waals surface area contributed by atoms with Gasteiger partial charge >= 0.3 is 0 Å². The number of aryl methyl sites for hydroxylation is 4. The lowest BCUT2D eigenvalue weighted by molar-refractivity contribution is 1.11. The molecule has 0 aromatic heterocycles. The fraction of sp³-hybridized carbons (Fsp3) is 0.171. The SMILES string of the molecule is Cc1cc(C)cc(P(c2cc(C)cc(C)c2)[C@H](C)[c-]2cccc2P(c2ccccc2)c2ccccc2)c1. The Bertz CT molecular complexity index is 1350. The average molecular weight is 518 g/mol. The molecule has 0 aliphatic heterocycles. The van der Waals surface area contributed by atoms with Gasteiger partial charge in [-0.1, -0.05) is 126 Å². The molecular weight excluding hydrogens is 482 g/mol. The van der Waals surface area contributed by atoms with Gasteiger partial charge in [-0.25, -0.2) is 12.1 Å². The second-order valence-electron chi connectivity index (χ2n) is 10.1. The first-order valence-corrected chi connectivity index (χ1v) is 15.8. The summed E-state index contributed by atoms with van der Waals surface area (Å²) in [6.45, 7) is 11.4. The van der Waals surface area contributed by atoms with Crippen molar-refractivity contribution in [3.05, 3.63) is 143 Å². The van der Waals surface area contributed by atoms with E-state index in [1.165, 1.54) is 54.3 Å². The summed E-state index contributed by atoms with van der Waals surface area (Å²) in [6.07, 6.45) is 0. The van der Waals surface area contributed by atoms with Crippen molar-refractivity contribution in [2.45, 2.75) is 40.3 Å². The summed E-state index contributed by atoms with van der Waals surface area (Å²) in [5, 5.41) is 7.25. The largest absolute Gasteiger partial charge is 0.213 e. The second kappa shape index (κ2) is 11.2. The van der Waals surface area contributed by atoms with Gasteiger partial charge in [0.05, 0.1) is 0 Å². The fourth-order valence-corrected chi connectivity index (χ4v) is 11.2. The summed E-state index contributed by atoms with van der Waals surface area (Å²) in [7, 11) is -1.24. The summed E-state index contributed by atoms with van der Waals surface area (Å²) < 4.78 is 0. The molecule has 0 saturated heterocycles. The Hall–Kier alpha value is -2.91. The van der Waals surface area contributed by atoms with E-state index in [0.717, 1.165) is 0 Å². The number of rotatable bonds is 7. The van der Waals surface area contributed by atoms with E-state index in [4.69, 9.17) is 0 Å². The van der Waals surface area contributed by atoms with Crippen molar-refractivity contribution >= 4 is 42.4 Å². The standard InChI is InChI=1S/C35H35P2/c1-25-19-26(2)22-32(21-25)36(33-23-27(3)20-28(4)24-33)29(5)34-17-12-18-35(34)37(30-13-8-6-9-14-30)31-15-10-7-11-16-31/h6-24,29H,1-5H3/q-1/t29-/m1/s1. The highest BCUT2D eigenvalue weighted by molar-refractivity contribution is 7.80. The maximum absolute atomic E-state index is 2.46. The van der Waals surface area contributed by atoms with E-state index in [9.17, 15) is 0 Å². The number of benzene rings is 4. The van der Waals surface area contributed by atoms with Gasteiger partial charge in [0, 0.05) is 0 Å². The molecule has 0 bridgehead atoms.